The average molecular weight is 341 g/mol. The third-order valence-corrected chi connectivity index (χ3v) is 5.28. The lowest BCUT2D eigenvalue weighted by atomic mass is 9.94. The number of carbonyl (C=O) groups excluding carboxylic acids is 1. The van der Waals surface area contributed by atoms with Crippen molar-refractivity contribution in [3.63, 3.8) is 0 Å². The van der Waals surface area contributed by atoms with Gasteiger partial charge in [0.2, 0.25) is 0 Å². The van der Waals surface area contributed by atoms with Gasteiger partial charge >= 0.3 is 0 Å². The number of anilines is 1. The molecule has 1 fully saturated rings. The van der Waals surface area contributed by atoms with E-state index < -0.39 is 0 Å². The third-order valence-electron chi connectivity index (χ3n) is 5.28. The lowest BCUT2D eigenvalue weighted by Crippen LogP contribution is -2.01. The second-order valence-electron chi connectivity index (χ2n) is 7.15. The molecule has 3 aromatic carbocycles. The number of hydrogen-bond donors (Lipinski definition) is 2. The largest absolute Gasteiger partial charge is 0.382 e. The molecule has 1 heterocycles. The molecule has 1 saturated carbocycles. The number of Topliss-reactive ketones (excluding diaryl/α,β-unsaturated/α-hetero) is 1. The number of nitrogens with two attached hydrogens (primary N) is 1. The van der Waals surface area contributed by atoms with Crippen LogP contribution in [0.3, 0.4) is 0 Å². The zero-order chi connectivity index (χ0) is 17.7. The first-order valence-electron chi connectivity index (χ1n) is 8.99. The van der Waals surface area contributed by atoms with Crippen LogP contribution < -0.4 is 5.73 Å². The number of nitrogens with zero attached hydrogens (tertiary/aromatic N) is 1. The van der Waals surface area contributed by atoms with E-state index in [1.165, 1.54) is 12.8 Å². The number of nitrogen functional groups attached to an aromatic ring is 1. The smallest absolute Gasteiger partial charge is 0.163 e. The maximum Gasteiger partial charge on any atom is 0.163 e. The van der Waals surface area contributed by atoms with E-state index in [2.05, 4.69) is 40.5 Å². The van der Waals surface area contributed by atoms with Gasteiger partial charge in [-0.2, -0.15) is 5.10 Å². The number of carbonyl (C=O) groups is 1. The summed E-state index contributed by atoms with van der Waals surface area (Å²) >= 11 is 0. The minimum absolute atomic E-state index is 0.257. The molecule has 4 aromatic rings. The lowest BCUT2D eigenvalue weighted by molar-refractivity contribution is 0.0977. The summed E-state index contributed by atoms with van der Waals surface area (Å²) in [5.41, 5.74) is 9.93. The van der Waals surface area contributed by atoms with Crippen LogP contribution in [0.25, 0.3) is 32.8 Å². The Balaban J connectivity index is 1.64. The molecule has 1 aromatic heterocycles. The highest BCUT2D eigenvalue weighted by molar-refractivity contribution is 6.10. The van der Waals surface area contributed by atoms with Crippen LogP contribution in [0.5, 0.6) is 0 Å². The fraction of sp³-hybridized carbons (Fsp3) is 0.182. The summed E-state index contributed by atoms with van der Waals surface area (Å²) in [6.07, 6.45) is 3.05. The topological polar surface area (TPSA) is 71.8 Å². The van der Waals surface area contributed by atoms with Gasteiger partial charge in [0, 0.05) is 12.0 Å². The van der Waals surface area contributed by atoms with Crippen molar-refractivity contribution in [2.75, 3.05) is 5.73 Å². The number of aromatic amines is 1. The monoisotopic (exact) mass is 341 g/mol. The van der Waals surface area contributed by atoms with Crippen LogP contribution in [-0.2, 0) is 0 Å². The fourth-order valence-corrected chi connectivity index (χ4v) is 3.73. The summed E-state index contributed by atoms with van der Waals surface area (Å²) in [7, 11) is 0. The molecule has 5 rings (SSSR count). The molecule has 128 valence electrons. The number of fused-ring (bicyclic) bond motifs is 2. The Bertz CT molecular complexity index is 1150. The molecule has 0 radical (unpaired) electrons. The number of ketones is 1. The maximum atomic E-state index is 12.6. The summed E-state index contributed by atoms with van der Waals surface area (Å²) < 4.78 is 0. The van der Waals surface area contributed by atoms with E-state index in [4.69, 9.17) is 5.73 Å². The first-order valence-corrected chi connectivity index (χ1v) is 8.99. The van der Waals surface area contributed by atoms with E-state index in [0.29, 0.717) is 18.2 Å². The maximum absolute atomic E-state index is 12.6. The van der Waals surface area contributed by atoms with Gasteiger partial charge in [-0.05, 0) is 52.8 Å². The number of benzene rings is 3. The van der Waals surface area contributed by atoms with Gasteiger partial charge in [-0.3, -0.25) is 9.89 Å². The Labute approximate surface area is 151 Å². The minimum atomic E-state index is 0.257. The Morgan fingerprint density at radius 1 is 1.12 bits per heavy atom. The van der Waals surface area contributed by atoms with E-state index in [1.807, 2.05) is 24.3 Å². The molecule has 0 atom stereocenters. The van der Waals surface area contributed by atoms with Gasteiger partial charge in [-0.25, -0.2) is 0 Å². The first-order chi connectivity index (χ1) is 12.7. The van der Waals surface area contributed by atoms with Gasteiger partial charge in [0.25, 0.3) is 0 Å². The molecular formula is C22H19N3O. The summed E-state index contributed by atoms with van der Waals surface area (Å²) in [6, 6.07) is 18.2. The van der Waals surface area contributed by atoms with Crippen LogP contribution in [0.2, 0.25) is 0 Å². The Morgan fingerprint density at radius 2 is 1.96 bits per heavy atom. The molecule has 0 unspecified atom stereocenters. The third kappa shape index (κ3) is 2.46. The zero-order valence-electron chi connectivity index (χ0n) is 14.3. The molecule has 1 aliphatic carbocycles. The van der Waals surface area contributed by atoms with Crippen molar-refractivity contribution in [1.29, 1.82) is 0 Å². The van der Waals surface area contributed by atoms with Crippen molar-refractivity contribution >= 4 is 33.3 Å². The Kier molecular flexibility index (Phi) is 3.32. The number of hydrogen-bond acceptors (Lipinski definition) is 3. The van der Waals surface area contributed by atoms with Crippen molar-refractivity contribution < 1.29 is 4.79 Å². The predicted octanol–water partition coefficient (Wildman–Crippen LogP) is 4.95. The number of aromatic nitrogens is 2. The first kappa shape index (κ1) is 15.1. The second kappa shape index (κ2) is 5.70. The van der Waals surface area contributed by atoms with Crippen LogP contribution in [0.1, 0.15) is 29.6 Å². The van der Waals surface area contributed by atoms with Crippen molar-refractivity contribution in [3.8, 4) is 11.1 Å². The second-order valence-corrected chi connectivity index (χ2v) is 7.15. The highest BCUT2D eigenvalue weighted by atomic mass is 16.1. The quantitative estimate of drug-likeness (QED) is 0.516. The molecule has 0 amide bonds. The van der Waals surface area contributed by atoms with Gasteiger partial charge in [0.05, 0.1) is 10.9 Å². The van der Waals surface area contributed by atoms with Gasteiger partial charge in [0.15, 0.2) is 11.6 Å². The van der Waals surface area contributed by atoms with Crippen LogP contribution in [0, 0.1) is 5.92 Å². The van der Waals surface area contributed by atoms with Crippen LogP contribution in [0.15, 0.2) is 54.6 Å². The molecule has 4 heteroatoms. The van der Waals surface area contributed by atoms with E-state index in [0.717, 1.165) is 38.4 Å². The minimum Gasteiger partial charge on any atom is -0.382 e. The summed E-state index contributed by atoms with van der Waals surface area (Å²) in [5, 5.41) is 10.1. The van der Waals surface area contributed by atoms with E-state index in [1.54, 1.807) is 0 Å². The molecule has 1 aliphatic rings. The predicted molar refractivity (Wildman–Crippen MR) is 105 cm³/mol. The van der Waals surface area contributed by atoms with Gasteiger partial charge in [-0.1, -0.05) is 42.5 Å². The van der Waals surface area contributed by atoms with Gasteiger partial charge < -0.3 is 5.73 Å². The molecule has 4 nitrogen and oxygen atoms in total. The van der Waals surface area contributed by atoms with Crippen LogP contribution >= 0.6 is 0 Å². The number of rotatable bonds is 4. The molecule has 0 bridgehead atoms. The van der Waals surface area contributed by atoms with Crippen molar-refractivity contribution in [3.05, 3.63) is 60.2 Å². The molecular weight excluding hydrogens is 322 g/mol. The zero-order valence-corrected chi connectivity index (χ0v) is 14.3. The summed E-state index contributed by atoms with van der Waals surface area (Å²) in [4.78, 5) is 12.6. The molecule has 3 N–H and O–H groups in total. The lowest BCUT2D eigenvalue weighted by Gasteiger charge is -2.09. The normalized spacial score (nSPS) is 14.2. The number of nitrogens with one attached hydrogen (secondary N) is 1. The molecule has 0 aliphatic heterocycles. The fourth-order valence-electron chi connectivity index (χ4n) is 3.73. The Morgan fingerprint density at radius 3 is 2.81 bits per heavy atom. The van der Waals surface area contributed by atoms with Crippen molar-refractivity contribution in [2.45, 2.75) is 19.3 Å². The van der Waals surface area contributed by atoms with Crippen LogP contribution in [0.4, 0.5) is 5.82 Å². The Hall–Kier alpha value is -3.14. The van der Waals surface area contributed by atoms with Crippen molar-refractivity contribution in [2.24, 2.45) is 5.92 Å². The highest BCUT2D eigenvalue weighted by Crippen LogP contribution is 2.36. The standard InChI is InChI=1S/C22H19N3O/c23-22-21-17(4-2-6-19(21)24-25-22)15-9-10-16-14(12-15)3-1-5-18(16)20(26)11-13-7-8-13/h1-6,9-10,12-13H,7-8,11H2,(H3,23,24,25). The van der Waals surface area contributed by atoms with Crippen LogP contribution in [-0.4, -0.2) is 16.0 Å². The number of H-pyrrole nitrogens is 1. The molecule has 0 saturated heterocycles. The SMILES string of the molecule is Nc1n[nH]c2cccc(-c3ccc4c(C(=O)CC5CC5)cccc4c3)c12. The summed E-state index contributed by atoms with van der Waals surface area (Å²) in [5.74, 6) is 1.36. The van der Waals surface area contributed by atoms with Gasteiger partial charge in [0.1, 0.15) is 0 Å². The molecule has 0 spiro atoms. The highest BCUT2D eigenvalue weighted by Gasteiger charge is 2.25. The van der Waals surface area contributed by atoms with Crippen molar-refractivity contribution in [1.82, 2.24) is 10.2 Å². The van der Waals surface area contributed by atoms with E-state index in [-0.39, 0.29) is 5.78 Å². The van der Waals surface area contributed by atoms with E-state index in [9.17, 15) is 4.79 Å². The molecule has 26 heavy (non-hydrogen) atoms. The van der Waals surface area contributed by atoms with Gasteiger partial charge in [-0.15, -0.1) is 0 Å². The van der Waals surface area contributed by atoms with E-state index >= 15 is 0 Å². The summed E-state index contributed by atoms with van der Waals surface area (Å²) in [6.45, 7) is 0. The average Bonchev–Trinajstić information content (AvgIpc) is 3.40.